The first-order valence-electron chi connectivity index (χ1n) is 14.5. The molecule has 0 aliphatic heterocycles. The van der Waals surface area contributed by atoms with E-state index in [0.717, 1.165) is 22.6 Å². The molecule has 0 aliphatic carbocycles. The molecule has 0 spiro atoms. The van der Waals surface area contributed by atoms with Gasteiger partial charge in [0.25, 0.3) is 5.91 Å². The Balaban J connectivity index is 2.19. The highest BCUT2D eigenvalue weighted by Gasteiger charge is 2.27. The number of nitrogens with one attached hydrogen (secondary N) is 3. The Bertz CT molecular complexity index is 1520. The van der Waals surface area contributed by atoms with Crippen molar-refractivity contribution in [3.63, 3.8) is 0 Å². The van der Waals surface area contributed by atoms with Crippen molar-refractivity contribution in [1.29, 1.82) is 0 Å². The summed E-state index contributed by atoms with van der Waals surface area (Å²) in [6.45, 7) is 11.3. The van der Waals surface area contributed by atoms with E-state index in [0.29, 0.717) is 22.4 Å². The third-order valence-corrected chi connectivity index (χ3v) is 6.46. The van der Waals surface area contributed by atoms with Crippen molar-refractivity contribution in [2.45, 2.75) is 59.7 Å². The first kappa shape index (κ1) is 34.8. The zero-order valence-corrected chi connectivity index (χ0v) is 26.9. The van der Waals surface area contributed by atoms with Crippen molar-refractivity contribution in [3.05, 3.63) is 64.7 Å². The van der Waals surface area contributed by atoms with Gasteiger partial charge in [0, 0.05) is 49.4 Å². The van der Waals surface area contributed by atoms with E-state index >= 15 is 8.78 Å². The highest BCUT2D eigenvalue weighted by Crippen LogP contribution is 2.36. The zero-order chi connectivity index (χ0) is 33.5. The van der Waals surface area contributed by atoms with Crippen molar-refractivity contribution >= 4 is 35.9 Å². The SMILES string of the molecule is CNCc1c(-c2cc(C(=O)NC(C)C)ccc2C)nc(NCCN(C)C(=O)OC(C)(C)C)nc1N(C=O)c1c(F)cccc1F. The van der Waals surface area contributed by atoms with Gasteiger partial charge in [-0.15, -0.1) is 0 Å². The Morgan fingerprint density at radius 2 is 1.76 bits per heavy atom. The zero-order valence-electron chi connectivity index (χ0n) is 26.9. The average molecular weight is 626 g/mol. The van der Waals surface area contributed by atoms with Crippen LogP contribution in [-0.4, -0.2) is 72.1 Å². The molecule has 3 rings (SSSR count). The topological polar surface area (TPSA) is 129 Å². The second-order valence-corrected chi connectivity index (χ2v) is 11.8. The maximum Gasteiger partial charge on any atom is 0.410 e. The number of anilines is 3. The fourth-order valence-corrected chi connectivity index (χ4v) is 4.37. The fourth-order valence-electron chi connectivity index (χ4n) is 4.37. The van der Waals surface area contributed by atoms with E-state index in [-0.39, 0.29) is 49.8 Å². The molecule has 3 N–H and O–H groups in total. The summed E-state index contributed by atoms with van der Waals surface area (Å²) in [5, 5.41) is 8.94. The van der Waals surface area contributed by atoms with Gasteiger partial charge >= 0.3 is 6.09 Å². The molecule has 0 atom stereocenters. The molecule has 0 radical (unpaired) electrons. The van der Waals surface area contributed by atoms with Gasteiger partial charge in [-0.05, 0) is 78.4 Å². The van der Waals surface area contributed by atoms with E-state index < -0.39 is 29.0 Å². The summed E-state index contributed by atoms with van der Waals surface area (Å²) in [5.41, 5.74) is 1.09. The van der Waals surface area contributed by atoms with Crippen LogP contribution in [0.15, 0.2) is 36.4 Å². The molecule has 0 saturated heterocycles. The molecule has 45 heavy (non-hydrogen) atoms. The molecule has 11 nitrogen and oxygen atoms in total. The van der Waals surface area contributed by atoms with Crippen molar-refractivity contribution in [2.75, 3.05) is 37.4 Å². The van der Waals surface area contributed by atoms with Crippen LogP contribution in [0.1, 0.15) is 56.1 Å². The number of nitrogens with zero attached hydrogens (tertiary/aromatic N) is 4. The summed E-state index contributed by atoms with van der Waals surface area (Å²) in [5.74, 6) is -2.27. The maximum absolute atomic E-state index is 15.0. The van der Waals surface area contributed by atoms with E-state index in [1.54, 1.807) is 53.1 Å². The summed E-state index contributed by atoms with van der Waals surface area (Å²) < 4.78 is 35.4. The van der Waals surface area contributed by atoms with Gasteiger partial charge in [-0.1, -0.05) is 12.1 Å². The predicted octanol–water partition coefficient (Wildman–Crippen LogP) is 5.16. The Morgan fingerprint density at radius 1 is 1.09 bits per heavy atom. The minimum atomic E-state index is -0.963. The van der Waals surface area contributed by atoms with Crippen molar-refractivity contribution < 1.29 is 27.9 Å². The van der Waals surface area contributed by atoms with Gasteiger partial charge in [-0.3, -0.25) is 14.5 Å². The second-order valence-electron chi connectivity index (χ2n) is 11.8. The number of ether oxygens (including phenoxy) is 1. The smallest absolute Gasteiger partial charge is 0.410 e. The van der Waals surface area contributed by atoms with Crippen LogP contribution in [0.3, 0.4) is 0 Å². The normalized spacial score (nSPS) is 11.3. The van der Waals surface area contributed by atoms with Gasteiger partial charge in [-0.2, -0.15) is 4.98 Å². The number of hydrogen-bond acceptors (Lipinski definition) is 8. The lowest BCUT2D eigenvalue weighted by molar-refractivity contribution is -0.106. The number of halogens is 2. The molecule has 0 saturated carbocycles. The van der Waals surface area contributed by atoms with Crippen LogP contribution >= 0.6 is 0 Å². The molecule has 1 aromatic heterocycles. The fraction of sp³-hybridized carbons (Fsp3) is 0.406. The molecule has 0 fully saturated rings. The average Bonchev–Trinajstić information content (AvgIpc) is 2.94. The van der Waals surface area contributed by atoms with Crippen LogP contribution in [0.2, 0.25) is 0 Å². The lowest BCUT2D eigenvalue weighted by Crippen LogP contribution is -2.36. The Labute approximate surface area is 262 Å². The number of aromatic nitrogens is 2. The van der Waals surface area contributed by atoms with E-state index in [4.69, 9.17) is 9.72 Å². The number of rotatable bonds is 12. The molecule has 3 amide bonds. The third-order valence-electron chi connectivity index (χ3n) is 6.46. The van der Waals surface area contributed by atoms with E-state index in [1.807, 2.05) is 20.8 Å². The van der Waals surface area contributed by atoms with Crippen molar-refractivity contribution in [2.24, 2.45) is 0 Å². The van der Waals surface area contributed by atoms with Crippen molar-refractivity contribution in [1.82, 2.24) is 25.5 Å². The highest BCUT2D eigenvalue weighted by molar-refractivity contribution is 5.96. The van der Waals surface area contributed by atoms with Crippen LogP contribution in [0.5, 0.6) is 0 Å². The molecule has 242 valence electrons. The first-order valence-corrected chi connectivity index (χ1v) is 14.5. The summed E-state index contributed by atoms with van der Waals surface area (Å²) in [7, 11) is 3.25. The molecule has 0 aliphatic rings. The number of para-hydroxylation sites is 1. The number of carbonyl (C=O) groups excluding carboxylic acids is 3. The van der Waals surface area contributed by atoms with Crippen LogP contribution < -0.4 is 20.9 Å². The quantitative estimate of drug-likeness (QED) is 0.236. The van der Waals surface area contributed by atoms with E-state index in [1.165, 1.54) is 11.0 Å². The largest absolute Gasteiger partial charge is 0.444 e. The van der Waals surface area contributed by atoms with Crippen LogP contribution in [-0.2, 0) is 16.1 Å². The monoisotopic (exact) mass is 625 g/mol. The van der Waals surface area contributed by atoms with E-state index in [9.17, 15) is 14.4 Å². The Kier molecular flexibility index (Phi) is 11.5. The Hall–Kier alpha value is -4.65. The molecule has 1 heterocycles. The van der Waals surface area contributed by atoms with Gasteiger partial charge in [0.15, 0.2) is 5.82 Å². The standard InChI is InChI=1S/C32H41F2N7O4/c1-19(2)37-29(43)21-13-12-20(3)22(16-21)26-23(17-35-7)28(41(18-42)27-24(33)10-9-11-25(27)34)39-30(38-26)36-14-15-40(8)31(44)45-32(4,5)6/h9-13,16,18-19,35H,14-15,17H2,1-8H3,(H,37,43)(H,36,38,39). The van der Waals surface area contributed by atoms with Gasteiger partial charge in [0.1, 0.15) is 22.9 Å². The minimum Gasteiger partial charge on any atom is -0.444 e. The predicted molar refractivity (Wildman–Crippen MR) is 169 cm³/mol. The second kappa shape index (κ2) is 14.9. The maximum atomic E-state index is 15.0. The first-order chi connectivity index (χ1) is 21.2. The van der Waals surface area contributed by atoms with Gasteiger partial charge in [-0.25, -0.2) is 18.6 Å². The summed E-state index contributed by atoms with van der Waals surface area (Å²) in [6, 6.07) is 8.32. The third kappa shape index (κ3) is 8.94. The number of amides is 3. The molecular weight excluding hydrogens is 584 g/mol. The van der Waals surface area contributed by atoms with E-state index in [2.05, 4.69) is 20.9 Å². The van der Waals surface area contributed by atoms with Crippen LogP contribution in [0, 0.1) is 18.6 Å². The lowest BCUT2D eigenvalue weighted by atomic mass is 9.98. The highest BCUT2D eigenvalue weighted by atomic mass is 19.1. The molecule has 13 heteroatoms. The van der Waals surface area contributed by atoms with Crippen LogP contribution in [0.4, 0.5) is 31.0 Å². The number of aryl methyl sites for hydroxylation is 1. The molecule has 0 unspecified atom stereocenters. The molecule has 0 bridgehead atoms. The molecule has 3 aromatic rings. The van der Waals surface area contributed by atoms with Crippen molar-refractivity contribution in [3.8, 4) is 11.3 Å². The molecular formula is C32H41F2N7O4. The van der Waals surface area contributed by atoms with Gasteiger partial charge < -0.3 is 25.6 Å². The summed E-state index contributed by atoms with van der Waals surface area (Å²) >= 11 is 0. The number of benzene rings is 2. The number of likely N-dealkylation sites (N-methyl/N-ethyl adjacent to an activating group) is 1. The molecule has 2 aromatic carbocycles. The number of hydrogen-bond donors (Lipinski definition) is 3. The summed E-state index contributed by atoms with van der Waals surface area (Å²) in [4.78, 5) is 49.3. The summed E-state index contributed by atoms with van der Waals surface area (Å²) in [6.07, 6.45) is -0.239. The lowest BCUT2D eigenvalue weighted by Gasteiger charge is -2.25. The Morgan fingerprint density at radius 3 is 2.33 bits per heavy atom. The van der Waals surface area contributed by atoms with Gasteiger partial charge in [0.2, 0.25) is 12.4 Å². The van der Waals surface area contributed by atoms with Gasteiger partial charge in [0.05, 0.1) is 5.69 Å². The number of carbonyl (C=O) groups is 3. The van der Waals surface area contributed by atoms with Crippen LogP contribution in [0.25, 0.3) is 11.3 Å². The minimum absolute atomic E-state index is 0.0254.